The van der Waals surface area contributed by atoms with Crippen molar-refractivity contribution in [3.05, 3.63) is 52.6 Å². The van der Waals surface area contributed by atoms with Crippen LogP contribution < -0.4 is 20.7 Å². The topological polar surface area (TPSA) is 103 Å². The lowest BCUT2D eigenvalue weighted by molar-refractivity contribution is -0.137. The summed E-state index contributed by atoms with van der Waals surface area (Å²) in [6.45, 7) is -4.80. The molecular weight excluding hydrogens is 675 g/mol. The predicted octanol–water partition coefficient (Wildman–Crippen LogP) is 6.92. The van der Waals surface area contributed by atoms with Crippen LogP contribution in [0.15, 0.2) is 24.0 Å². The van der Waals surface area contributed by atoms with Crippen molar-refractivity contribution in [2.45, 2.75) is 44.4 Å². The lowest BCUT2D eigenvalue weighted by atomic mass is 9.78. The number of likely N-dealkylation sites (tertiary alicyclic amines) is 1. The number of nitrogen functional groups attached to an aromatic ring is 1. The molecule has 2 aromatic heterocycles. The Hall–Kier alpha value is -4.20. The molecule has 3 aliphatic heterocycles. The second-order valence-corrected chi connectivity index (χ2v) is 13.6. The number of benzene rings is 2. The first-order chi connectivity index (χ1) is 25.2. The number of piperidine rings is 1. The zero-order valence-electron chi connectivity index (χ0n) is 30.6. The van der Waals surface area contributed by atoms with E-state index in [9.17, 15) is 14.0 Å². The van der Waals surface area contributed by atoms with E-state index in [1.807, 2.05) is 0 Å². The minimum Gasteiger partial charge on any atom is -0.462 e. The lowest BCUT2D eigenvalue weighted by Gasteiger charge is -2.40. The number of rotatable bonds is 5. The normalized spacial score (nSPS) is 26.0. The Morgan fingerprint density at radius 2 is 1.94 bits per heavy atom. The molecule has 49 heavy (non-hydrogen) atoms. The van der Waals surface area contributed by atoms with Gasteiger partial charge in [-0.05, 0) is 37.9 Å². The van der Waals surface area contributed by atoms with E-state index >= 15 is 22.0 Å². The average molecular weight is 711 g/mol. The van der Waals surface area contributed by atoms with Crippen molar-refractivity contribution in [1.82, 2.24) is 20.2 Å². The molecule has 3 atom stereocenters. The fraction of sp³-hybridized carbons (Fsp3) is 0.424. The number of aromatic nitrogens is 2. The van der Waals surface area contributed by atoms with E-state index in [2.05, 4.69) is 15.3 Å². The fourth-order valence-corrected chi connectivity index (χ4v) is 7.95. The van der Waals surface area contributed by atoms with Crippen molar-refractivity contribution in [2.24, 2.45) is 5.41 Å². The summed E-state index contributed by atoms with van der Waals surface area (Å²) >= 11 is 0.463. The van der Waals surface area contributed by atoms with Crippen LogP contribution >= 0.6 is 11.3 Å². The van der Waals surface area contributed by atoms with Gasteiger partial charge in [-0.1, -0.05) is 6.92 Å². The SMILES string of the molecule is [2H]C([2H])([2H])N1CC/C(=C\F)[C@](C)(C([2H])([2H])Oc2nc(N3C[C@H]4CC[C@@H](C3)N4)c3cc(C(F)(F)F)c(-c4c(F)cc(F)c5sc(N)c(C#N)c45)c(F)c3n2)C1. The van der Waals surface area contributed by atoms with Crippen LogP contribution in [0.5, 0.6) is 6.01 Å². The van der Waals surface area contributed by atoms with Crippen LogP contribution in [-0.2, 0) is 6.18 Å². The molecule has 5 heterocycles. The number of alkyl halides is 3. The highest BCUT2D eigenvalue weighted by Gasteiger charge is 2.41. The van der Waals surface area contributed by atoms with Crippen molar-refractivity contribution < 1.29 is 42.3 Å². The number of nitriles is 1. The zero-order chi connectivity index (χ0) is 39.3. The smallest absolute Gasteiger partial charge is 0.417 e. The average Bonchev–Trinajstić information content (AvgIpc) is 3.60. The summed E-state index contributed by atoms with van der Waals surface area (Å²) in [6, 6.07) is 1.25. The third-order valence-corrected chi connectivity index (χ3v) is 10.4. The number of fused-ring (bicyclic) bond motifs is 4. The number of thiophene rings is 1. The monoisotopic (exact) mass is 710 g/mol. The molecule has 3 fully saturated rings. The van der Waals surface area contributed by atoms with E-state index in [-0.39, 0.29) is 66.9 Å². The molecule has 0 saturated carbocycles. The molecule has 3 aliphatic rings. The molecular formula is C33H30F7N7OS. The van der Waals surface area contributed by atoms with Gasteiger partial charge in [-0.25, -0.2) is 17.6 Å². The highest BCUT2D eigenvalue weighted by atomic mass is 32.1. The van der Waals surface area contributed by atoms with Crippen LogP contribution in [0.25, 0.3) is 32.1 Å². The van der Waals surface area contributed by atoms with Gasteiger partial charge in [0.2, 0.25) is 0 Å². The van der Waals surface area contributed by atoms with Crippen molar-refractivity contribution in [1.29, 1.82) is 5.26 Å². The van der Waals surface area contributed by atoms with Gasteiger partial charge < -0.3 is 25.6 Å². The molecule has 8 nitrogen and oxygen atoms in total. The highest BCUT2D eigenvalue weighted by molar-refractivity contribution is 7.23. The number of nitrogens with one attached hydrogen (secondary N) is 1. The standard InChI is InChI=1S/C33H30F7N7OS/c1-32(13-46(2)6-5-15(32)9-34)14-48-31-44-27-18(30(45-31)47-11-16-3-4-17(12-47)43-16)7-20(33(38,39)40)24(26(27)37)25-21(35)8-22(36)28-23(25)19(10-41)29(42)49-28/h7-9,16-17,43H,3-6,11-14,42H2,1-2H3/b15-9+/t16-,17+,32-/m0/s1/i2D3,14D2. The van der Waals surface area contributed by atoms with Crippen LogP contribution in [0.1, 0.15) is 44.2 Å². The Labute approximate surface area is 287 Å². The van der Waals surface area contributed by atoms with E-state index in [1.165, 1.54) is 6.92 Å². The zero-order valence-corrected chi connectivity index (χ0v) is 26.4. The number of hydrogen-bond acceptors (Lipinski definition) is 9. The molecule has 7 rings (SSSR count). The second kappa shape index (κ2) is 12.0. The molecule has 4 aromatic rings. The number of halogens is 7. The van der Waals surface area contributed by atoms with Gasteiger partial charge in [0.15, 0.2) is 5.82 Å². The Bertz CT molecular complexity index is 2270. The third-order valence-electron chi connectivity index (χ3n) is 9.33. The van der Waals surface area contributed by atoms with E-state index in [0.717, 1.165) is 4.90 Å². The maximum atomic E-state index is 17.2. The van der Waals surface area contributed by atoms with E-state index < -0.39 is 98.4 Å². The van der Waals surface area contributed by atoms with Crippen molar-refractivity contribution in [3.8, 4) is 23.2 Å². The van der Waals surface area contributed by atoms with Gasteiger partial charge in [0, 0.05) is 75.8 Å². The van der Waals surface area contributed by atoms with Gasteiger partial charge in [0.25, 0.3) is 0 Å². The van der Waals surface area contributed by atoms with Crippen molar-refractivity contribution in [3.63, 3.8) is 0 Å². The Morgan fingerprint density at radius 1 is 1.20 bits per heavy atom. The molecule has 3 saturated heterocycles. The second-order valence-electron chi connectivity index (χ2n) is 12.6. The van der Waals surface area contributed by atoms with Crippen molar-refractivity contribution >= 4 is 43.1 Å². The van der Waals surface area contributed by atoms with Crippen LogP contribution in [0.3, 0.4) is 0 Å². The predicted molar refractivity (Wildman–Crippen MR) is 171 cm³/mol. The summed E-state index contributed by atoms with van der Waals surface area (Å²) in [5.41, 5.74) is -1.93. The first kappa shape index (κ1) is 27.6. The molecule has 2 aromatic carbocycles. The first-order valence-corrected chi connectivity index (χ1v) is 16.0. The number of nitrogens with two attached hydrogens (primary N) is 1. The Kier molecular flexibility index (Phi) is 6.75. The van der Waals surface area contributed by atoms with Gasteiger partial charge in [0.05, 0.1) is 24.9 Å². The quantitative estimate of drug-likeness (QED) is 0.216. The molecule has 0 unspecified atom stereocenters. The summed E-state index contributed by atoms with van der Waals surface area (Å²) in [5, 5.41) is 11.6. The third kappa shape index (κ3) is 5.61. The van der Waals surface area contributed by atoms with E-state index in [4.69, 9.17) is 17.3 Å². The summed E-state index contributed by atoms with van der Waals surface area (Å²) in [6.07, 6.45) is -3.99. The first-order valence-electron chi connectivity index (χ1n) is 17.6. The molecule has 16 heteroatoms. The van der Waals surface area contributed by atoms with E-state index in [1.54, 1.807) is 11.0 Å². The minimum atomic E-state index is -5.36. The molecule has 0 amide bonds. The highest BCUT2D eigenvalue weighted by Crippen LogP contribution is 2.49. The molecule has 2 bridgehead atoms. The van der Waals surface area contributed by atoms with Gasteiger partial charge in [-0.2, -0.15) is 28.4 Å². The van der Waals surface area contributed by atoms with Crippen LogP contribution in [-0.4, -0.2) is 66.7 Å². The molecule has 0 aliphatic carbocycles. The summed E-state index contributed by atoms with van der Waals surface area (Å²) in [5.74, 6) is -4.92. The number of anilines is 2. The molecule has 258 valence electrons. The number of hydrogen-bond donors (Lipinski definition) is 2. The minimum absolute atomic E-state index is 0.130. The van der Waals surface area contributed by atoms with Gasteiger partial charge >= 0.3 is 12.2 Å². The maximum absolute atomic E-state index is 17.2. The summed E-state index contributed by atoms with van der Waals surface area (Å²) in [7, 11) is 0. The molecule has 3 N–H and O–H groups in total. The number of piperazine rings is 1. The molecule has 0 spiro atoms. The van der Waals surface area contributed by atoms with Gasteiger partial charge in [0.1, 0.15) is 40.6 Å². The van der Waals surface area contributed by atoms with Crippen molar-refractivity contribution in [2.75, 3.05) is 50.3 Å². The Balaban J connectivity index is 1.49. The van der Waals surface area contributed by atoms with Crippen LogP contribution in [0.4, 0.5) is 41.6 Å². The van der Waals surface area contributed by atoms with Gasteiger partial charge in [-0.3, -0.25) is 0 Å². The Morgan fingerprint density at radius 3 is 2.59 bits per heavy atom. The van der Waals surface area contributed by atoms with Gasteiger partial charge in [-0.15, -0.1) is 11.3 Å². The summed E-state index contributed by atoms with van der Waals surface area (Å²) < 4.78 is 154. The van der Waals surface area contributed by atoms with Crippen LogP contribution in [0.2, 0.25) is 0 Å². The summed E-state index contributed by atoms with van der Waals surface area (Å²) in [4.78, 5) is 10.8. The van der Waals surface area contributed by atoms with Crippen LogP contribution in [0, 0.1) is 34.2 Å². The number of nitrogens with zero attached hydrogens (tertiary/aromatic N) is 5. The molecule has 0 radical (unpaired) electrons. The fourth-order valence-electron chi connectivity index (χ4n) is 7.02. The largest absolute Gasteiger partial charge is 0.462 e. The van der Waals surface area contributed by atoms with E-state index in [0.29, 0.717) is 30.2 Å². The number of ether oxygens (including phenoxy) is 1. The maximum Gasteiger partial charge on any atom is 0.417 e. The lowest BCUT2D eigenvalue weighted by Crippen LogP contribution is -2.51.